The lowest BCUT2D eigenvalue weighted by Crippen LogP contribution is -2.36. The van der Waals surface area contributed by atoms with E-state index in [9.17, 15) is 18.3 Å². The molecule has 3 N–H and O–H groups in total. The van der Waals surface area contributed by atoms with Gasteiger partial charge in [0.15, 0.2) is 17.0 Å². The smallest absolute Gasteiger partial charge is 0.391 e. The number of hydrogen-bond acceptors (Lipinski definition) is 8. The molecule has 0 aliphatic carbocycles. The molecule has 2 aliphatic rings. The summed E-state index contributed by atoms with van der Waals surface area (Å²) in [5.74, 6) is -2.03. The topological polar surface area (TPSA) is 124 Å². The van der Waals surface area contributed by atoms with E-state index in [1.165, 1.54) is 42.5 Å². The summed E-state index contributed by atoms with van der Waals surface area (Å²) in [6.07, 6.45) is 0.612. The van der Waals surface area contributed by atoms with Gasteiger partial charge in [-0.1, -0.05) is 53.6 Å². The first-order chi connectivity index (χ1) is 19.0. The van der Waals surface area contributed by atoms with Gasteiger partial charge in [0.2, 0.25) is 11.5 Å². The van der Waals surface area contributed by atoms with Gasteiger partial charge >= 0.3 is 12.1 Å². The Hall–Kier alpha value is -4.19. The van der Waals surface area contributed by atoms with E-state index in [0.717, 1.165) is 4.68 Å². The molecule has 0 saturated carbocycles. The Kier molecular flexibility index (Phi) is 5.98. The molecular formula is C26H21F5N8O. The fourth-order valence-corrected chi connectivity index (χ4v) is 4.91. The van der Waals surface area contributed by atoms with Crippen LogP contribution in [-0.4, -0.2) is 55.4 Å². The van der Waals surface area contributed by atoms with Crippen LogP contribution < -0.4 is 15.8 Å². The van der Waals surface area contributed by atoms with Gasteiger partial charge in [0.1, 0.15) is 0 Å². The summed E-state index contributed by atoms with van der Waals surface area (Å²) >= 11 is 0. The number of terminal acetylenes is 1. The third kappa shape index (κ3) is 4.14. The van der Waals surface area contributed by atoms with E-state index in [1.807, 2.05) is 0 Å². The monoisotopic (exact) mass is 556 g/mol. The average Bonchev–Trinajstić information content (AvgIpc) is 3.51. The first kappa shape index (κ1) is 26.1. The van der Waals surface area contributed by atoms with Crippen molar-refractivity contribution in [3.05, 3.63) is 76.6 Å². The maximum atomic E-state index is 15.7. The lowest BCUT2D eigenvalue weighted by molar-refractivity contribution is -0.165. The van der Waals surface area contributed by atoms with Crippen LogP contribution in [0.3, 0.4) is 0 Å². The van der Waals surface area contributed by atoms with Gasteiger partial charge < -0.3 is 10.0 Å². The molecule has 1 atom stereocenters. The van der Waals surface area contributed by atoms with Crippen molar-refractivity contribution in [2.75, 3.05) is 18.0 Å². The first-order valence-electron chi connectivity index (χ1n) is 12.2. The quantitative estimate of drug-likeness (QED) is 0.188. The lowest BCUT2D eigenvalue weighted by Gasteiger charge is -2.21. The van der Waals surface area contributed by atoms with E-state index in [0.29, 0.717) is 13.0 Å². The number of aliphatic hydroxyl groups is 1. The molecule has 2 aliphatic heterocycles. The van der Waals surface area contributed by atoms with Gasteiger partial charge in [-0.05, 0) is 18.1 Å². The number of nitrogens with one attached hydrogen (secondary N) is 2. The van der Waals surface area contributed by atoms with Crippen LogP contribution in [0.15, 0.2) is 48.5 Å². The number of aromatic nitrogens is 5. The SMILES string of the molecule is C#Cc1cccc(C2(C(F)(F)F)NN2)c1Cn1nnc2c(N3CC[C@H](O)C3)nc(C(F)(F)c3ccccc3)nc21. The number of rotatable bonds is 6. The molecule has 40 heavy (non-hydrogen) atoms. The summed E-state index contributed by atoms with van der Waals surface area (Å²) in [7, 11) is 0. The van der Waals surface area contributed by atoms with E-state index in [1.54, 1.807) is 11.0 Å². The zero-order valence-corrected chi connectivity index (χ0v) is 20.6. The van der Waals surface area contributed by atoms with Crippen molar-refractivity contribution in [1.29, 1.82) is 0 Å². The van der Waals surface area contributed by atoms with Crippen LogP contribution in [0.5, 0.6) is 0 Å². The summed E-state index contributed by atoms with van der Waals surface area (Å²) in [5, 5.41) is 18.2. The number of halogens is 5. The average molecular weight is 556 g/mol. The van der Waals surface area contributed by atoms with Gasteiger partial charge in [0, 0.05) is 29.8 Å². The highest BCUT2D eigenvalue weighted by Crippen LogP contribution is 2.44. The molecular weight excluding hydrogens is 535 g/mol. The molecule has 0 bridgehead atoms. The predicted molar refractivity (Wildman–Crippen MR) is 133 cm³/mol. The second kappa shape index (κ2) is 9.19. The van der Waals surface area contributed by atoms with Crippen LogP contribution in [-0.2, 0) is 18.1 Å². The molecule has 9 nitrogen and oxygen atoms in total. The normalized spacial score (nSPS) is 18.7. The predicted octanol–water partition coefficient (Wildman–Crippen LogP) is 2.78. The van der Waals surface area contributed by atoms with Gasteiger partial charge in [0.25, 0.3) is 0 Å². The second-order valence-electron chi connectivity index (χ2n) is 9.59. The first-order valence-corrected chi connectivity index (χ1v) is 12.2. The van der Waals surface area contributed by atoms with E-state index >= 15 is 8.78 Å². The van der Waals surface area contributed by atoms with Crippen molar-refractivity contribution in [2.45, 2.75) is 36.8 Å². The van der Waals surface area contributed by atoms with Crippen molar-refractivity contribution in [2.24, 2.45) is 0 Å². The zero-order chi connectivity index (χ0) is 28.3. The molecule has 2 saturated heterocycles. The Morgan fingerprint density at radius 3 is 2.42 bits per heavy atom. The Balaban J connectivity index is 1.52. The lowest BCUT2D eigenvalue weighted by atomic mass is 9.93. The molecule has 0 spiro atoms. The molecule has 0 unspecified atom stereocenters. The molecule has 2 aromatic carbocycles. The van der Waals surface area contributed by atoms with Gasteiger partial charge in [-0.15, -0.1) is 11.5 Å². The van der Waals surface area contributed by atoms with Crippen molar-refractivity contribution in [3.63, 3.8) is 0 Å². The number of fused-ring (bicyclic) bond motifs is 1. The third-order valence-corrected chi connectivity index (χ3v) is 7.07. The molecule has 14 heteroatoms. The number of aliphatic hydroxyl groups excluding tert-OH is 1. The summed E-state index contributed by atoms with van der Waals surface area (Å²) in [6, 6.07) is 11.1. The second-order valence-corrected chi connectivity index (χ2v) is 9.59. The highest BCUT2D eigenvalue weighted by atomic mass is 19.4. The molecule has 206 valence electrons. The number of hydrazine groups is 1. The number of benzene rings is 2. The molecule has 6 rings (SSSR count). The van der Waals surface area contributed by atoms with E-state index in [4.69, 9.17) is 6.42 Å². The maximum absolute atomic E-state index is 15.7. The molecule has 2 fully saturated rings. The third-order valence-electron chi connectivity index (χ3n) is 7.07. The molecule has 4 heterocycles. The van der Waals surface area contributed by atoms with Crippen LogP contribution >= 0.6 is 0 Å². The van der Waals surface area contributed by atoms with Crippen LogP contribution in [0.4, 0.5) is 27.8 Å². The van der Waals surface area contributed by atoms with Crippen molar-refractivity contribution >= 4 is 17.0 Å². The summed E-state index contributed by atoms with van der Waals surface area (Å²) in [6.45, 7) is 0.111. The van der Waals surface area contributed by atoms with Crippen LogP contribution in [0.1, 0.15) is 34.5 Å². The van der Waals surface area contributed by atoms with Crippen LogP contribution in [0, 0.1) is 12.3 Å². The molecule has 0 radical (unpaired) electrons. The summed E-state index contributed by atoms with van der Waals surface area (Å²) in [5.41, 5.74) is 1.46. The number of nitrogens with zero attached hydrogens (tertiary/aromatic N) is 6. The Labute approximate surface area is 224 Å². The fourth-order valence-electron chi connectivity index (χ4n) is 4.91. The van der Waals surface area contributed by atoms with Gasteiger partial charge in [-0.25, -0.2) is 25.5 Å². The number of alkyl halides is 5. The minimum atomic E-state index is -4.71. The van der Waals surface area contributed by atoms with Gasteiger partial charge in [-0.2, -0.15) is 22.0 Å². The van der Waals surface area contributed by atoms with Crippen molar-refractivity contribution in [1.82, 2.24) is 35.8 Å². The highest BCUT2D eigenvalue weighted by Gasteiger charge is 2.66. The van der Waals surface area contributed by atoms with Crippen LogP contribution in [0.2, 0.25) is 0 Å². The van der Waals surface area contributed by atoms with Crippen LogP contribution in [0.25, 0.3) is 11.2 Å². The van der Waals surface area contributed by atoms with E-state index in [2.05, 4.69) is 37.1 Å². The number of β-amino-alcohol motifs (C(OH)–C–C–N with tert-alkyl or cyclic N) is 1. The summed E-state index contributed by atoms with van der Waals surface area (Å²) < 4.78 is 74.5. The number of hydrogen-bond donors (Lipinski definition) is 3. The van der Waals surface area contributed by atoms with Crippen molar-refractivity contribution in [3.8, 4) is 12.3 Å². The Bertz CT molecular complexity index is 1630. The Morgan fingerprint density at radius 1 is 1.05 bits per heavy atom. The molecule has 0 amide bonds. The molecule has 4 aromatic rings. The largest absolute Gasteiger partial charge is 0.426 e. The van der Waals surface area contributed by atoms with Crippen molar-refractivity contribution < 1.29 is 27.1 Å². The minimum absolute atomic E-state index is 0.0427. The highest BCUT2D eigenvalue weighted by molar-refractivity contribution is 5.83. The van der Waals surface area contributed by atoms with Gasteiger partial charge in [-0.3, -0.25) is 0 Å². The standard InChI is InChI=1S/C26H21F5N8O/c1-2-15-7-6-10-19(25(35-36-25)26(29,30)31)18(15)14-39-22-20(34-37-39)21(38-12-11-17(40)13-38)32-23(33-22)24(27,28)16-8-4-3-5-9-16/h1,3-10,17,35-36,40H,11-14H2/t17-/m0/s1. The minimum Gasteiger partial charge on any atom is -0.391 e. The molecule has 2 aromatic heterocycles. The summed E-state index contributed by atoms with van der Waals surface area (Å²) in [4.78, 5) is 9.89. The van der Waals surface area contributed by atoms with Gasteiger partial charge in [0.05, 0.1) is 12.6 Å². The maximum Gasteiger partial charge on any atom is 0.426 e. The number of anilines is 1. The fraction of sp³-hybridized carbons (Fsp3) is 0.308. The van der Waals surface area contributed by atoms with E-state index < -0.39 is 29.7 Å². The zero-order valence-electron chi connectivity index (χ0n) is 20.6. The van der Waals surface area contributed by atoms with E-state index in [-0.39, 0.29) is 52.3 Å². The Morgan fingerprint density at radius 2 is 1.80 bits per heavy atom.